The lowest BCUT2D eigenvalue weighted by molar-refractivity contribution is -0.140. The van der Waals surface area contributed by atoms with Gasteiger partial charge in [0.1, 0.15) is 0 Å². The normalized spacial score (nSPS) is 15.9. The number of nitrogens with one attached hydrogen (secondary N) is 2. The molecule has 0 spiro atoms. The number of aliphatic imine (C=N–C) groups is 1. The summed E-state index contributed by atoms with van der Waals surface area (Å²) in [5.74, 6) is 0.763. The smallest absolute Gasteiger partial charge is 0.305 e. The Bertz CT molecular complexity index is 410. The summed E-state index contributed by atoms with van der Waals surface area (Å²) >= 11 is 0. The van der Waals surface area contributed by atoms with Gasteiger partial charge in [0.05, 0.1) is 7.11 Å². The summed E-state index contributed by atoms with van der Waals surface area (Å²) in [6, 6.07) is 0. The van der Waals surface area contributed by atoms with E-state index in [1.165, 1.54) is 39.5 Å². The molecule has 1 heterocycles. The Morgan fingerprint density at radius 2 is 1.73 bits per heavy atom. The number of hydrogen-bond acceptors (Lipinski definition) is 4. The Morgan fingerprint density at radius 1 is 1.08 bits per heavy atom. The van der Waals surface area contributed by atoms with Crippen molar-refractivity contribution < 1.29 is 9.53 Å². The van der Waals surface area contributed by atoms with Crippen molar-refractivity contribution in [2.24, 2.45) is 4.99 Å². The van der Waals surface area contributed by atoms with Gasteiger partial charge in [-0.15, -0.1) is 24.0 Å². The van der Waals surface area contributed by atoms with E-state index in [4.69, 9.17) is 0 Å². The maximum Gasteiger partial charge on any atom is 0.305 e. The zero-order chi connectivity index (χ0) is 18.5. The molecule has 0 amide bonds. The van der Waals surface area contributed by atoms with Gasteiger partial charge in [-0.25, -0.2) is 0 Å². The van der Waals surface area contributed by atoms with E-state index in [0.29, 0.717) is 6.42 Å². The van der Waals surface area contributed by atoms with Crippen LogP contribution in [-0.2, 0) is 9.53 Å². The van der Waals surface area contributed by atoms with Crippen LogP contribution in [-0.4, -0.2) is 62.7 Å². The lowest BCUT2D eigenvalue weighted by Crippen LogP contribution is -2.54. The van der Waals surface area contributed by atoms with Gasteiger partial charge in [-0.05, 0) is 52.6 Å². The number of halogens is 1. The third-order valence-electron chi connectivity index (χ3n) is 4.95. The van der Waals surface area contributed by atoms with Gasteiger partial charge in [-0.3, -0.25) is 14.7 Å². The van der Waals surface area contributed by atoms with Crippen molar-refractivity contribution in [1.82, 2.24) is 15.5 Å². The van der Waals surface area contributed by atoms with Gasteiger partial charge in [-0.1, -0.05) is 19.3 Å². The lowest BCUT2D eigenvalue weighted by Gasteiger charge is -2.41. The fourth-order valence-corrected chi connectivity index (χ4v) is 3.19. The second-order valence-electron chi connectivity index (χ2n) is 7.45. The van der Waals surface area contributed by atoms with Gasteiger partial charge in [0, 0.05) is 32.1 Å². The number of likely N-dealkylation sites (tertiary alicyclic amines) is 1. The molecule has 1 saturated heterocycles. The minimum atomic E-state index is -0.112. The molecule has 0 bridgehead atoms. The molecular formula is C19H39IN4O2. The van der Waals surface area contributed by atoms with Crippen molar-refractivity contribution in [2.75, 3.05) is 40.3 Å². The Kier molecular flexibility index (Phi) is 14.2. The van der Waals surface area contributed by atoms with Crippen LogP contribution in [0.5, 0.6) is 0 Å². The summed E-state index contributed by atoms with van der Waals surface area (Å²) in [6.45, 7) is 8.81. The molecule has 0 radical (unpaired) electrons. The number of piperidine rings is 1. The topological polar surface area (TPSA) is 66.0 Å². The van der Waals surface area contributed by atoms with Crippen LogP contribution in [0.2, 0.25) is 0 Å². The van der Waals surface area contributed by atoms with Crippen LogP contribution in [0.3, 0.4) is 0 Å². The van der Waals surface area contributed by atoms with Crippen LogP contribution >= 0.6 is 24.0 Å². The van der Waals surface area contributed by atoms with Gasteiger partial charge in [0.25, 0.3) is 0 Å². The van der Waals surface area contributed by atoms with E-state index in [1.807, 2.05) is 7.05 Å². The Balaban J connectivity index is 0.00000625. The number of unbranched alkanes of at least 4 members (excludes halogenated alkanes) is 3. The predicted molar refractivity (Wildman–Crippen MR) is 119 cm³/mol. The molecule has 26 heavy (non-hydrogen) atoms. The molecule has 0 atom stereocenters. The first kappa shape index (κ1) is 25.4. The Hall–Kier alpha value is -0.570. The fraction of sp³-hybridized carbons (Fsp3) is 0.895. The molecule has 0 aromatic carbocycles. The quantitative estimate of drug-likeness (QED) is 0.165. The minimum absolute atomic E-state index is 0. The SMILES string of the molecule is CN=C(NCCCCCCC(=O)OC)NCC(C)(C)N1CCCCC1.I. The number of carbonyl (C=O) groups excluding carboxylic acids is 1. The highest BCUT2D eigenvalue weighted by Crippen LogP contribution is 2.19. The third kappa shape index (κ3) is 10.5. The van der Waals surface area contributed by atoms with E-state index in [9.17, 15) is 4.79 Å². The van der Waals surface area contributed by atoms with Crippen LogP contribution in [0.4, 0.5) is 0 Å². The molecule has 1 aliphatic rings. The Morgan fingerprint density at radius 3 is 2.35 bits per heavy atom. The van der Waals surface area contributed by atoms with E-state index in [-0.39, 0.29) is 35.5 Å². The molecule has 6 nitrogen and oxygen atoms in total. The van der Waals surface area contributed by atoms with E-state index < -0.39 is 0 Å². The average Bonchev–Trinajstić information content (AvgIpc) is 2.63. The first-order chi connectivity index (χ1) is 12.0. The average molecular weight is 482 g/mol. The van der Waals surface area contributed by atoms with Gasteiger partial charge in [0.2, 0.25) is 0 Å². The molecule has 1 fully saturated rings. The minimum Gasteiger partial charge on any atom is -0.469 e. The largest absolute Gasteiger partial charge is 0.469 e. The highest BCUT2D eigenvalue weighted by molar-refractivity contribution is 14.0. The highest BCUT2D eigenvalue weighted by atomic mass is 127. The first-order valence-corrected chi connectivity index (χ1v) is 9.76. The van der Waals surface area contributed by atoms with Gasteiger partial charge in [-0.2, -0.15) is 0 Å². The number of nitrogens with zero attached hydrogens (tertiary/aromatic N) is 2. The van der Waals surface area contributed by atoms with Crippen molar-refractivity contribution >= 4 is 35.9 Å². The number of esters is 1. The number of guanidine groups is 1. The van der Waals surface area contributed by atoms with Crippen LogP contribution in [0, 0.1) is 0 Å². The van der Waals surface area contributed by atoms with Gasteiger partial charge < -0.3 is 15.4 Å². The van der Waals surface area contributed by atoms with Gasteiger partial charge in [0.15, 0.2) is 5.96 Å². The molecule has 7 heteroatoms. The fourth-order valence-electron chi connectivity index (χ4n) is 3.19. The van der Waals surface area contributed by atoms with Gasteiger partial charge >= 0.3 is 5.97 Å². The molecule has 2 N–H and O–H groups in total. The number of methoxy groups -OCH3 is 1. The molecule has 154 valence electrons. The Labute approximate surface area is 176 Å². The summed E-state index contributed by atoms with van der Waals surface area (Å²) in [4.78, 5) is 17.9. The third-order valence-corrected chi connectivity index (χ3v) is 4.95. The molecule has 1 aliphatic heterocycles. The molecule has 1 rings (SSSR count). The van der Waals surface area contributed by atoms with E-state index in [0.717, 1.165) is 44.7 Å². The summed E-state index contributed by atoms with van der Waals surface area (Å²) in [5.41, 5.74) is 0.145. The van der Waals surface area contributed by atoms with Crippen LogP contribution in [0.15, 0.2) is 4.99 Å². The van der Waals surface area contributed by atoms with Crippen LogP contribution in [0.25, 0.3) is 0 Å². The van der Waals surface area contributed by atoms with Crippen molar-refractivity contribution in [2.45, 2.75) is 70.8 Å². The van der Waals surface area contributed by atoms with Crippen molar-refractivity contribution in [1.29, 1.82) is 0 Å². The summed E-state index contributed by atoms with van der Waals surface area (Å²) in [6.07, 6.45) is 8.67. The monoisotopic (exact) mass is 482 g/mol. The van der Waals surface area contributed by atoms with E-state index >= 15 is 0 Å². The molecule has 0 aromatic heterocycles. The van der Waals surface area contributed by atoms with E-state index in [2.05, 4.69) is 39.1 Å². The summed E-state index contributed by atoms with van der Waals surface area (Å²) in [5, 5.41) is 6.85. The standard InChI is InChI=1S/C19H38N4O2.HI/c1-19(2,23-14-10-7-11-15-23)16-22-18(20-3)21-13-9-6-5-8-12-17(24)25-4;/h5-16H2,1-4H3,(H2,20,21,22);1H. The van der Waals surface area contributed by atoms with E-state index in [1.54, 1.807) is 0 Å². The lowest BCUT2D eigenvalue weighted by atomic mass is 9.98. The molecule has 0 aliphatic carbocycles. The summed E-state index contributed by atoms with van der Waals surface area (Å²) in [7, 11) is 3.26. The maximum atomic E-state index is 11.0. The number of hydrogen-bond donors (Lipinski definition) is 2. The molecule has 0 aromatic rings. The number of ether oxygens (including phenoxy) is 1. The van der Waals surface area contributed by atoms with Crippen LogP contribution < -0.4 is 10.6 Å². The van der Waals surface area contributed by atoms with Crippen LogP contribution in [0.1, 0.15) is 65.2 Å². The zero-order valence-electron chi connectivity index (χ0n) is 17.1. The maximum absolute atomic E-state index is 11.0. The van der Waals surface area contributed by atoms with Crippen molar-refractivity contribution in [3.8, 4) is 0 Å². The molecule has 0 saturated carbocycles. The second-order valence-corrected chi connectivity index (χ2v) is 7.45. The zero-order valence-corrected chi connectivity index (χ0v) is 19.4. The summed E-state index contributed by atoms with van der Waals surface area (Å²) < 4.78 is 4.64. The highest BCUT2D eigenvalue weighted by Gasteiger charge is 2.27. The van der Waals surface area contributed by atoms with Crippen molar-refractivity contribution in [3.63, 3.8) is 0 Å². The number of rotatable bonds is 10. The first-order valence-electron chi connectivity index (χ1n) is 9.76. The number of carbonyl (C=O) groups is 1. The molecule has 0 unspecified atom stereocenters. The van der Waals surface area contributed by atoms with Crippen molar-refractivity contribution in [3.05, 3.63) is 0 Å². The predicted octanol–water partition coefficient (Wildman–Crippen LogP) is 3.16. The molecular weight excluding hydrogens is 443 g/mol. The second kappa shape index (κ2) is 14.5.